The second kappa shape index (κ2) is 9.33. The summed E-state index contributed by atoms with van der Waals surface area (Å²) in [6.45, 7) is 4.06. The number of urea groups is 1. The minimum atomic E-state index is -1.65. The van der Waals surface area contributed by atoms with E-state index in [2.05, 4.69) is 30.5 Å². The van der Waals surface area contributed by atoms with Crippen LogP contribution in [-0.2, 0) is 11.3 Å². The van der Waals surface area contributed by atoms with E-state index in [9.17, 15) is 18.0 Å². The molecular formula is C19H22F3N7O2. The molecule has 0 saturated carbocycles. The van der Waals surface area contributed by atoms with Gasteiger partial charge in [-0.3, -0.25) is 0 Å². The Morgan fingerprint density at radius 2 is 1.58 bits per heavy atom. The number of nitrogens with zero attached hydrogens (tertiary/aromatic N) is 5. The van der Waals surface area contributed by atoms with Crippen molar-refractivity contribution in [3.8, 4) is 0 Å². The van der Waals surface area contributed by atoms with Crippen LogP contribution in [-0.4, -0.2) is 60.4 Å². The number of aromatic nitrogens is 3. The number of rotatable bonds is 5. The summed E-state index contributed by atoms with van der Waals surface area (Å²) >= 11 is 0. The van der Waals surface area contributed by atoms with Gasteiger partial charge in [0.15, 0.2) is 23.3 Å². The molecule has 2 amide bonds. The lowest BCUT2D eigenvalue weighted by Gasteiger charge is -2.28. The van der Waals surface area contributed by atoms with Crippen LogP contribution in [0.5, 0.6) is 0 Å². The van der Waals surface area contributed by atoms with Gasteiger partial charge < -0.3 is 25.2 Å². The lowest BCUT2D eigenvalue weighted by molar-refractivity contribution is 0.122. The molecule has 0 radical (unpaired) electrons. The van der Waals surface area contributed by atoms with Crippen molar-refractivity contribution in [2.45, 2.75) is 19.4 Å². The molecule has 2 aromatic rings. The number of amides is 2. The van der Waals surface area contributed by atoms with Gasteiger partial charge in [0.2, 0.25) is 11.9 Å². The Morgan fingerprint density at radius 1 is 0.935 bits per heavy atom. The first-order valence-electron chi connectivity index (χ1n) is 10.0. The molecule has 2 N–H and O–H groups in total. The van der Waals surface area contributed by atoms with Crippen molar-refractivity contribution in [3.63, 3.8) is 0 Å². The lowest BCUT2D eigenvalue weighted by atomic mass is 10.3. The van der Waals surface area contributed by atoms with Crippen molar-refractivity contribution < 1.29 is 22.7 Å². The summed E-state index contributed by atoms with van der Waals surface area (Å²) in [5, 5.41) is 4.67. The van der Waals surface area contributed by atoms with Crippen LogP contribution in [0.4, 0.5) is 35.5 Å². The summed E-state index contributed by atoms with van der Waals surface area (Å²) in [4.78, 5) is 29.7. The molecule has 0 unspecified atom stereocenters. The van der Waals surface area contributed by atoms with Gasteiger partial charge in [-0.05, 0) is 25.0 Å². The number of morpholine rings is 1. The van der Waals surface area contributed by atoms with Gasteiger partial charge in [0, 0.05) is 26.2 Å². The highest BCUT2D eigenvalue weighted by Crippen LogP contribution is 2.21. The Kier molecular flexibility index (Phi) is 6.35. The molecule has 2 fully saturated rings. The molecule has 0 atom stereocenters. The van der Waals surface area contributed by atoms with Crippen LogP contribution in [0.3, 0.4) is 0 Å². The van der Waals surface area contributed by atoms with Gasteiger partial charge in [0.05, 0.1) is 25.4 Å². The highest BCUT2D eigenvalue weighted by molar-refractivity contribution is 5.89. The van der Waals surface area contributed by atoms with E-state index in [1.165, 1.54) is 0 Å². The van der Waals surface area contributed by atoms with Crippen LogP contribution in [0.1, 0.15) is 18.7 Å². The molecule has 166 valence electrons. The Labute approximate surface area is 176 Å². The number of ether oxygens (including phenoxy) is 1. The van der Waals surface area contributed by atoms with Crippen molar-refractivity contribution in [2.24, 2.45) is 0 Å². The maximum absolute atomic E-state index is 13.8. The third-order valence-corrected chi connectivity index (χ3v) is 5.03. The number of hydrogen-bond donors (Lipinski definition) is 2. The van der Waals surface area contributed by atoms with Gasteiger partial charge in [0.1, 0.15) is 0 Å². The first-order chi connectivity index (χ1) is 15.0. The molecule has 3 heterocycles. The number of hydrogen-bond acceptors (Lipinski definition) is 7. The second-order valence-electron chi connectivity index (χ2n) is 7.18. The molecule has 9 nitrogen and oxygen atoms in total. The monoisotopic (exact) mass is 437 g/mol. The summed E-state index contributed by atoms with van der Waals surface area (Å²) in [7, 11) is 0. The van der Waals surface area contributed by atoms with Gasteiger partial charge in [0.25, 0.3) is 0 Å². The van der Waals surface area contributed by atoms with Crippen LogP contribution in [0.15, 0.2) is 12.1 Å². The zero-order valence-electron chi connectivity index (χ0n) is 16.7. The molecule has 1 aromatic heterocycles. The highest BCUT2D eigenvalue weighted by atomic mass is 19.2. The maximum atomic E-state index is 13.8. The SMILES string of the molecule is O=C(NCc1nc(N2CCCC2)nc(N2CCOCC2)n1)Nc1ccc(F)c(F)c1F. The third kappa shape index (κ3) is 4.95. The average Bonchev–Trinajstić information content (AvgIpc) is 3.34. The predicted molar refractivity (Wildman–Crippen MR) is 106 cm³/mol. The zero-order chi connectivity index (χ0) is 21.8. The lowest BCUT2D eigenvalue weighted by Crippen LogP contribution is -2.38. The van der Waals surface area contributed by atoms with Gasteiger partial charge in [-0.15, -0.1) is 0 Å². The van der Waals surface area contributed by atoms with Gasteiger partial charge in [-0.1, -0.05) is 0 Å². The van der Waals surface area contributed by atoms with E-state index < -0.39 is 29.2 Å². The first kappa shape index (κ1) is 21.1. The van der Waals surface area contributed by atoms with Crippen LogP contribution >= 0.6 is 0 Å². The van der Waals surface area contributed by atoms with Crippen LogP contribution in [0, 0.1) is 17.5 Å². The molecular weight excluding hydrogens is 415 g/mol. The van der Waals surface area contributed by atoms with Crippen molar-refractivity contribution >= 4 is 23.6 Å². The molecule has 0 aliphatic carbocycles. The third-order valence-electron chi connectivity index (χ3n) is 5.03. The number of benzene rings is 1. The first-order valence-corrected chi connectivity index (χ1v) is 10.0. The fourth-order valence-electron chi connectivity index (χ4n) is 3.39. The van der Waals surface area contributed by atoms with E-state index in [0.29, 0.717) is 44.0 Å². The normalized spacial score (nSPS) is 16.5. The molecule has 31 heavy (non-hydrogen) atoms. The summed E-state index contributed by atoms with van der Waals surface area (Å²) < 4.78 is 45.5. The number of anilines is 3. The van der Waals surface area contributed by atoms with E-state index in [4.69, 9.17) is 4.74 Å². The van der Waals surface area contributed by atoms with Crippen molar-refractivity contribution in [2.75, 3.05) is 54.5 Å². The number of carbonyl (C=O) groups is 1. The number of nitrogens with one attached hydrogen (secondary N) is 2. The van der Waals surface area contributed by atoms with Crippen molar-refractivity contribution in [1.82, 2.24) is 20.3 Å². The Hall–Kier alpha value is -3.15. The molecule has 0 spiro atoms. The number of carbonyl (C=O) groups excluding carboxylic acids is 1. The molecule has 0 bridgehead atoms. The van der Waals surface area contributed by atoms with E-state index in [1.54, 1.807) is 0 Å². The quantitative estimate of drug-likeness (QED) is 0.692. The van der Waals surface area contributed by atoms with Gasteiger partial charge in [-0.25, -0.2) is 18.0 Å². The van der Waals surface area contributed by atoms with E-state index >= 15 is 0 Å². The average molecular weight is 437 g/mol. The zero-order valence-corrected chi connectivity index (χ0v) is 16.7. The Balaban J connectivity index is 1.47. The van der Waals surface area contributed by atoms with Crippen LogP contribution < -0.4 is 20.4 Å². The molecule has 4 rings (SSSR count). The number of halogens is 3. The van der Waals surface area contributed by atoms with Crippen molar-refractivity contribution in [1.29, 1.82) is 0 Å². The topological polar surface area (TPSA) is 95.5 Å². The second-order valence-corrected chi connectivity index (χ2v) is 7.18. The van der Waals surface area contributed by atoms with E-state index in [-0.39, 0.29) is 6.54 Å². The molecule has 2 saturated heterocycles. The summed E-state index contributed by atoms with van der Waals surface area (Å²) in [6.07, 6.45) is 2.10. The molecule has 2 aliphatic rings. The fraction of sp³-hybridized carbons (Fsp3) is 0.474. The minimum absolute atomic E-state index is 0.0577. The minimum Gasteiger partial charge on any atom is -0.378 e. The van der Waals surface area contributed by atoms with Gasteiger partial charge in [-0.2, -0.15) is 15.0 Å². The standard InChI is InChI=1S/C19H22F3N7O2/c20-12-3-4-13(16(22)15(12)21)24-19(30)23-11-14-25-17(28-5-1-2-6-28)27-18(26-14)29-7-9-31-10-8-29/h3-4H,1-2,5-11H2,(H2,23,24,30). The summed E-state index contributed by atoms with van der Waals surface area (Å²) in [6, 6.07) is 0.871. The fourth-order valence-corrected chi connectivity index (χ4v) is 3.39. The molecule has 12 heteroatoms. The molecule has 2 aliphatic heterocycles. The largest absolute Gasteiger partial charge is 0.378 e. The smallest absolute Gasteiger partial charge is 0.319 e. The van der Waals surface area contributed by atoms with E-state index in [1.807, 2.05) is 4.90 Å². The predicted octanol–water partition coefficient (Wildman–Crippen LogP) is 2.05. The van der Waals surface area contributed by atoms with E-state index in [0.717, 1.165) is 38.1 Å². The Bertz CT molecular complexity index is 950. The maximum Gasteiger partial charge on any atom is 0.319 e. The Morgan fingerprint density at radius 3 is 2.26 bits per heavy atom. The van der Waals surface area contributed by atoms with Crippen molar-refractivity contribution in [3.05, 3.63) is 35.4 Å². The molecule has 1 aromatic carbocycles. The van der Waals surface area contributed by atoms with Crippen LogP contribution in [0.2, 0.25) is 0 Å². The summed E-state index contributed by atoms with van der Waals surface area (Å²) in [5.41, 5.74) is -0.473. The summed E-state index contributed by atoms with van der Waals surface area (Å²) in [5.74, 6) is -3.08. The van der Waals surface area contributed by atoms with Gasteiger partial charge >= 0.3 is 6.03 Å². The van der Waals surface area contributed by atoms with Crippen LogP contribution in [0.25, 0.3) is 0 Å². The highest BCUT2D eigenvalue weighted by Gasteiger charge is 2.21.